The van der Waals surface area contributed by atoms with Crippen molar-refractivity contribution in [3.8, 4) is 5.75 Å². The minimum absolute atomic E-state index is 0.131. The molecule has 102 valence electrons. The Kier molecular flexibility index (Phi) is 4.95. The van der Waals surface area contributed by atoms with Gasteiger partial charge in [0.1, 0.15) is 11.6 Å². The molecule has 1 aromatic rings. The molecule has 1 aromatic carbocycles. The third kappa shape index (κ3) is 3.87. The van der Waals surface area contributed by atoms with Crippen molar-refractivity contribution in [3.05, 3.63) is 29.6 Å². The van der Waals surface area contributed by atoms with Crippen LogP contribution >= 0.6 is 0 Å². The zero-order chi connectivity index (χ0) is 13.8. The second kappa shape index (κ2) is 6.04. The minimum Gasteiger partial charge on any atom is -0.496 e. The Balaban J connectivity index is 2.94. The van der Waals surface area contributed by atoms with Crippen molar-refractivity contribution < 1.29 is 22.3 Å². The lowest BCUT2D eigenvalue weighted by molar-refractivity contribution is -0.136. The Morgan fingerprint density at radius 3 is 2.50 bits per heavy atom. The van der Waals surface area contributed by atoms with Gasteiger partial charge in [-0.25, -0.2) is 4.39 Å². The zero-order valence-corrected chi connectivity index (χ0v) is 10.1. The molecule has 1 rings (SSSR count). The molecule has 0 heterocycles. The van der Waals surface area contributed by atoms with Crippen LogP contribution in [0.15, 0.2) is 18.2 Å². The molecular formula is C12H15F4NO. The second-order valence-electron chi connectivity index (χ2n) is 3.85. The van der Waals surface area contributed by atoms with Gasteiger partial charge in [-0.1, -0.05) is 6.07 Å². The van der Waals surface area contributed by atoms with E-state index in [4.69, 9.17) is 4.74 Å². The van der Waals surface area contributed by atoms with Crippen molar-refractivity contribution in [1.29, 1.82) is 0 Å². The molecule has 1 unspecified atom stereocenters. The van der Waals surface area contributed by atoms with Gasteiger partial charge >= 0.3 is 6.18 Å². The average Bonchev–Trinajstić information content (AvgIpc) is 2.30. The molecule has 0 aliphatic heterocycles. The van der Waals surface area contributed by atoms with Crippen LogP contribution < -0.4 is 10.1 Å². The topological polar surface area (TPSA) is 21.3 Å². The van der Waals surface area contributed by atoms with Gasteiger partial charge in [0.15, 0.2) is 0 Å². The molecule has 0 saturated heterocycles. The van der Waals surface area contributed by atoms with Crippen LogP contribution in [0.2, 0.25) is 0 Å². The van der Waals surface area contributed by atoms with Gasteiger partial charge < -0.3 is 10.1 Å². The molecule has 2 nitrogen and oxygen atoms in total. The number of hydrogen-bond acceptors (Lipinski definition) is 2. The van der Waals surface area contributed by atoms with Crippen molar-refractivity contribution in [1.82, 2.24) is 5.32 Å². The molecule has 0 bridgehead atoms. The average molecular weight is 265 g/mol. The van der Waals surface area contributed by atoms with E-state index in [1.54, 1.807) is 0 Å². The van der Waals surface area contributed by atoms with E-state index in [0.717, 1.165) is 0 Å². The molecule has 0 aliphatic carbocycles. The van der Waals surface area contributed by atoms with E-state index in [1.165, 1.54) is 32.4 Å². The Morgan fingerprint density at radius 2 is 2.00 bits per heavy atom. The number of nitrogens with one attached hydrogen (secondary N) is 1. The van der Waals surface area contributed by atoms with Crippen LogP contribution in [0.1, 0.15) is 24.4 Å². The highest BCUT2D eigenvalue weighted by atomic mass is 19.4. The normalized spacial score (nSPS) is 13.4. The summed E-state index contributed by atoms with van der Waals surface area (Å²) in [6.07, 6.45) is -5.47. The van der Waals surface area contributed by atoms with Gasteiger partial charge in [-0.3, -0.25) is 0 Å². The fourth-order valence-electron chi connectivity index (χ4n) is 1.77. The molecule has 0 aromatic heterocycles. The summed E-state index contributed by atoms with van der Waals surface area (Å²) in [6.45, 7) is 0. The summed E-state index contributed by atoms with van der Waals surface area (Å²) in [5.74, 6) is -0.326. The predicted octanol–water partition coefficient (Wildman–Crippen LogP) is 3.44. The number of hydrogen-bond donors (Lipinski definition) is 1. The largest absolute Gasteiger partial charge is 0.496 e. The van der Waals surface area contributed by atoms with E-state index in [-0.39, 0.29) is 17.7 Å². The highest BCUT2D eigenvalue weighted by Crippen LogP contribution is 2.33. The van der Waals surface area contributed by atoms with Gasteiger partial charge in [0.2, 0.25) is 0 Å². The Hall–Kier alpha value is -1.30. The highest BCUT2D eigenvalue weighted by molar-refractivity contribution is 5.37. The maximum atomic E-state index is 13.7. The lowest BCUT2D eigenvalue weighted by atomic mass is 10.0. The first kappa shape index (κ1) is 14.8. The predicted molar refractivity (Wildman–Crippen MR) is 60.0 cm³/mol. The highest BCUT2D eigenvalue weighted by Gasteiger charge is 2.30. The fraction of sp³-hybridized carbons (Fsp3) is 0.500. The molecule has 18 heavy (non-hydrogen) atoms. The van der Waals surface area contributed by atoms with Crippen LogP contribution in [0.25, 0.3) is 0 Å². The molecule has 1 atom stereocenters. The van der Waals surface area contributed by atoms with Gasteiger partial charge in [0.25, 0.3) is 0 Å². The summed E-state index contributed by atoms with van der Waals surface area (Å²) in [6, 6.07) is 3.45. The van der Waals surface area contributed by atoms with Gasteiger partial charge in [-0.2, -0.15) is 13.2 Å². The van der Waals surface area contributed by atoms with Gasteiger partial charge in [-0.05, 0) is 25.6 Å². The van der Waals surface area contributed by atoms with Gasteiger partial charge in [0, 0.05) is 18.0 Å². The van der Waals surface area contributed by atoms with Crippen LogP contribution in [-0.4, -0.2) is 20.3 Å². The standard InChI is InChI=1S/C12H15F4NO/c1-17-9(6-7-12(14,15)16)11-8(13)4-3-5-10(11)18-2/h3-5,9,17H,6-7H2,1-2H3. The lowest BCUT2D eigenvalue weighted by Crippen LogP contribution is -2.21. The first-order valence-electron chi connectivity index (χ1n) is 5.45. The number of rotatable bonds is 5. The maximum Gasteiger partial charge on any atom is 0.389 e. The molecule has 0 aliphatic rings. The van der Waals surface area contributed by atoms with Crippen molar-refractivity contribution in [2.24, 2.45) is 0 Å². The van der Waals surface area contributed by atoms with Gasteiger partial charge in [-0.15, -0.1) is 0 Å². The Bertz CT molecular complexity index is 392. The fourth-order valence-corrected chi connectivity index (χ4v) is 1.77. The summed E-state index contributed by atoms with van der Waals surface area (Å²) < 4.78 is 55.3. The van der Waals surface area contributed by atoms with E-state index in [0.29, 0.717) is 0 Å². The molecular weight excluding hydrogens is 250 g/mol. The van der Waals surface area contributed by atoms with E-state index in [1.807, 2.05) is 0 Å². The monoisotopic (exact) mass is 265 g/mol. The molecule has 1 N–H and O–H groups in total. The smallest absolute Gasteiger partial charge is 0.389 e. The van der Waals surface area contributed by atoms with Crippen LogP contribution in [0.5, 0.6) is 5.75 Å². The molecule has 0 radical (unpaired) electrons. The molecule has 0 saturated carbocycles. The van der Waals surface area contributed by atoms with Crippen molar-refractivity contribution in [2.75, 3.05) is 14.2 Å². The van der Waals surface area contributed by atoms with Crippen molar-refractivity contribution in [2.45, 2.75) is 25.1 Å². The minimum atomic E-state index is -4.26. The zero-order valence-electron chi connectivity index (χ0n) is 10.1. The first-order valence-corrected chi connectivity index (χ1v) is 5.45. The van der Waals surface area contributed by atoms with Crippen molar-refractivity contribution in [3.63, 3.8) is 0 Å². The van der Waals surface area contributed by atoms with Crippen LogP contribution in [0.4, 0.5) is 17.6 Å². The van der Waals surface area contributed by atoms with Gasteiger partial charge in [0.05, 0.1) is 7.11 Å². The van der Waals surface area contributed by atoms with Crippen LogP contribution in [-0.2, 0) is 0 Å². The second-order valence-corrected chi connectivity index (χ2v) is 3.85. The van der Waals surface area contributed by atoms with E-state index in [9.17, 15) is 17.6 Å². The number of ether oxygens (including phenoxy) is 1. The number of halogens is 4. The summed E-state index contributed by atoms with van der Waals surface area (Å²) in [4.78, 5) is 0. The molecule has 0 amide bonds. The third-order valence-corrected chi connectivity index (χ3v) is 2.65. The SMILES string of the molecule is CNC(CCC(F)(F)F)c1c(F)cccc1OC. The molecule has 0 spiro atoms. The van der Waals surface area contributed by atoms with Crippen LogP contribution in [0.3, 0.4) is 0 Å². The lowest BCUT2D eigenvalue weighted by Gasteiger charge is -2.20. The van der Waals surface area contributed by atoms with E-state index in [2.05, 4.69) is 5.32 Å². The van der Waals surface area contributed by atoms with E-state index >= 15 is 0 Å². The van der Waals surface area contributed by atoms with Crippen molar-refractivity contribution >= 4 is 0 Å². The van der Waals surface area contributed by atoms with Crippen LogP contribution in [0, 0.1) is 5.82 Å². The summed E-state index contributed by atoms with van der Waals surface area (Å²) in [7, 11) is 2.85. The van der Waals surface area contributed by atoms with E-state index < -0.39 is 24.5 Å². The Labute approximate surface area is 103 Å². The molecule has 6 heteroatoms. The maximum absolute atomic E-state index is 13.7. The Morgan fingerprint density at radius 1 is 1.33 bits per heavy atom. The molecule has 0 fully saturated rings. The number of alkyl halides is 3. The summed E-state index contributed by atoms with van der Waals surface area (Å²) >= 11 is 0. The third-order valence-electron chi connectivity index (χ3n) is 2.65. The quantitative estimate of drug-likeness (QED) is 0.823. The number of methoxy groups -OCH3 is 1. The number of benzene rings is 1. The summed E-state index contributed by atoms with van der Waals surface area (Å²) in [5, 5.41) is 2.69. The summed E-state index contributed by atoms with van der Waals surface area (Å²) in [5.41, 5.74) is 0.131. The first-order chi connectivity index (χ1) is 8.39.